The van der Waals surface area contributed by atoms with Crippen molar-refractivity contribution >= 4 is 35.5 Å². The molecule has 2 atom stereocenters. The largest absolute Gasteiger partial charge is 0.480 e. The molecule has 120 valence electrons. The van der Waals surface area contributed by atoms with Gasteiger partial charge in [0.05, 0.1) is 5.37 Å². The van der Waals surface area contributed by atoms with Crippen molar-refractivity contribution in [2.24, 2.45) is 5.92 Å². The molecule has 0 bridgehead atoms. The van der Waals surface area contributed by atoms with E-state index in [1.54, 1.807) is 0 Å². The molecule has 10 heteroatoms. The lowest BCUT2D eigenvalue weighted by atomic mass is 10.2. The Morgan fingerprint density at radius 3 is 2.57 bits per heavy atom. The first kappa shape index (κ1) is 16.6. The van der Waals surface area contributed by atoms with Crippen molar-refractivity contribution in [1.29, 1.82) is 0 Å². The van der Waals surface area contributed by atoms with Crippen LogP contribution in [0, 0.1) is 5.92 Å². The second-order valence-corrected chi connectivity index (χ2v) is 7.16. The minimum absolute atomic E-state index is 0.145. The van der Waals surface area contributed by atoms with Gasteiger partial charge in [0, 0.05) is 18.1 Å². The van der Waals surface area contributed by atoms with Crippen LogP contribution in [-0.4, -0.2) is 57.0 Å². The number of rotatable bonds is 5. The minimum atomic E-state index is -4.33. The zero-order valence-corrected chi connectivity index (χ0v) is 12.6. The Morgan fingerprint density at radius 1 is 1.38 bits per heavy atom. The number of hydrogen-bond acceptors (Lipinski definition) is 4. The summed E-state index contributed by atoms with van der Waals surface area (Å²) in [6, 6.07) is -1.50. The molecular formula is C11H15F3N2O3S2. The molecule has 2 fully saturated rings. The molecule has 1 heterocycles. The van der Waals surface area contributed by atoms with Gasteiger partial charge in [-0.05, 0) is 30.5 Å². The number of nitrogens with one attached hydrogen (secondary N) is 1. The Hall–Kier alpha value is -0.770. The summed E-state index contributed by atoms with van der Waals surface area (Å²) in [4.78, 5) is 24.5. The van der Waals surface area contributed by atoms with E-state index in [2.05, 4.69) is 5.32 Å². The van der Waals surface area contributed by atoms with Gasteiger partial charge in [-0.2, -0.15) is 13.2 Å². The van der Waals surface area contributed by atoms with Crippen LogP contribution in [0.5, 0.6) is 0 Å². The van der Waals surface area contributed by atoms with Crippen molar-refractivity contribution < 1.29 is 27.9 Å². The quantitative estimate of drug-likeness (QED) is 0.748. The second kappa shape index (κ2) is 6.55. The Bertz CT molecular complexity index is 418. The zero-order chi connectivity index (χ0) is 15.6. The molecule has 0 spiro atoms. The minimum Gasteiger partial charge on any atom is -0.480 e. The summed E-state index contributed by atoms with van der Waals surface area (Å²) < 4.78 is 36.0. The van der Waals surface area contributed by atoms with Crippen LogP contribution >= 0.6 is 23.5 Å². The Balaban J connectivity index is 1.86. The van der Waals surface area contributed by atoms with Gasteiger partial charge in [0.1, 0.15) is 6.04 Å². The molecule has 2 amide bonds. The lowest BCUT2D eigenvalue weighted by Crippen LogP contribution is -2.51. The summed E-state index contributed by atoms with van der Waals surface area (Å²) in [6.45, 7) is -0.145. The lowest BCUT2D eigenvalue weighted by Gasteiger charge is -2.27. The van der Waals surface area contributed by atoms with E-state index in [1.807, 2.05) is 0 Å². The molecule has 1 aliphatic heterocycles. The van der Waals surface area contributed by atoms with Gasteiger partial charge in [-0.15, -0.1) is 11.8 Å². The zero-order valence-electron chi connectivity index (χ0n) is 10.9. The molecule has 1 aliphatic carbocycles. The van der Waals surface area contributed by atoms with Crippen LogP contribution in [0.4, 0.5) is 18.0 Å². The van der Waals surface area contributed by atoms with Gasteiger partial charge in [0.15, 0.2) is 0 Å². The third-order valence-electron chi connectivity index (χ3n) is 3.22. The van der Waals surface area contributed by atoms with E-state index in [9.17, 15) is 22.8 Å². The maximum Gasteiger partial charge on any atom is 0.441 e. The SMILES string of the molecule is O=C(O)C1CSC(C2CC2)N1C(=O)NCCSC(F)(F)F. The summed E-state index contributed by atoms with van der Waals surface area (Å²) in [5.74, 6) is -0.747. The first-order chi connectivity index (χ1) is 9.79. The molecule has 2 unspecified atom stereocenters. The lowest BCUT2D eigenvalue weighted by molar-refractivity contribution is -0.141. The normalized spacial score (nSPS) is 26.0. The molecular weight excluding hydrogens is 329 g/mol. The van der Waals surface area contributed by atoms with Crippen molar-refractivity contribution in [3.05, 3.63) is 0 Å². The van der Waals surface area contributed by atoms with E-state index in [-0.39, 0.29) is 29.4 Å². The maximum absolute atomic E-state index is 12.1. The first-order valence-electron chi connectivity index (χ1n) is 6.41. The molecule has 0 aromatic rings. The van der Waals surface area contributed by atoms with Crippen LogP contribution in [0.2, 0.25) is 0 Å². The van der Waals surface area contributed by atoms with Gasteiger partial charge < -0.3 is 10.4 Å². The average Bonchev–Trinajstić information content (AvgIpc) is 3.11. The molecule has 2 rings (SSSR count). The molecule has 0 radical (unpaired) electrons. The molecule has 2 N–H and O–H groups in total. The predicted octanol–water partition coefficient (Wildman–Crippen LogP) is 2.19. The molecule has 21 heavy (non-hydrogen) atoms. The van der Waals surface area contributed by atoms with E-state index in [1.165, 1.54) is 16.7 Å². The fourth-order valence-corrected chi connectivity index (χ4v) is 4.20. The van der Waals surface area contributed by atoms with E-state index in [4.69, 9.17) is 5.11 Å². The molecule has 5 nitrogen and oxygen atoms in total. The fraction of sp³-hybridized carbons (Fsp3) is 0.818. The van der Waals surface area contributed by atoms with Crippen LogP contribution in [-0.2, 0) is 4.79 Å². The number of urea groups is 1. The Morgan fingerprint density at radius 2 is 2.05 bits per heavy atom. The van der Waals surface area contributed by atoms with Crippen molar-refractivity contribution in [3.63, 3.8) is 0 Å². The van der Waals surface area contributed by atoms with Gasteiger partial charge in [-0.1, -0.05) is 0 Å². The van der Waals surface area contributed by atoms with Gasteiger partial charge in [0.2, 0.25) is 0 Å². The van der Waals surface area contributed by atoms with E-state index < -0.39 is 23.6 Å². The summed E-state index contributed by atoms with van der Waals surface area (Å²) in [5, 5.41) is 11.3. The van der Waals surface area contributed by atoms with Crippen LogP contribution < -0.4 is 5.32 Å². The van der Waals surface area contributed by atoms with Crippen molar-refractivity contribution in [2.75, 3.05) is 18.1 Å². The summed E-state index contributed by atoms with van der Waals surface area (Å²) >= 11 is 1.22. The molecule has 0 aromatic heterocycles. The Kier molecular flexibility index (Phi) is 5.18. The second-order valence-electron chi connectivity index (χ2n) is 4.85. The number of thioether (sulfide) groups is 2. The number of halogens is 3. The van der Waals surface area contributed by atoms with Crippen LogP contribution in [0.1, 0.15) is 12.8 Å². The number of amides is 2. The third kappa shape index (κ3) is 4.60. The highest BCUT2D eigenvalue weighted by Crippen LogP contribution is 2.45. The summed E-state index contributed by atoms with van der Waals surface area (Å²) in [6.07, 6.45) is 1.91. The molecule has 2 aliphatic rings. The number of aliphatic carboxylic acids is 1. The van der Waals surface area contributed by atoms with E-state index in [0.717, 1.165) is 12.8 Å². The predicted molar refractivity (Wildman–Crippen MR) is 74.1 cm³/mol. The number of hydrogen-bond donors (Lipinski definition) is 2. The van der Waals surface area contributed by atoms with Crippen molar-refractivity contribution in [2.45, 2.75) is 29.8 Å². The third-order valence-corrected chi connectivity index (χ3v) is 5.42. The van der Waals surface area contributed by atoms with E-state index in [0.29, 0.717) is 11.7 Å². The van der Waals surface area contributed by atoms with Gasteiger partial charge >= 0.3 is 17.5 Å². The molecule has 1 saturated carbocycles. The first-order valence-corrected chi connectivity index (χ1v) is 8.44. The summed E-state index contributed by atoms with van der Waals surface area (Å²) in [5.41, 5.74) is -4.33. The molecule has 0 aromatic carbocycles. The highest BCUT2D eigenvalue weighted by atomic mass is 32.2. The smallest absolute Gasteiger partial charge is 0.441 e. The number of nitrogens with zero attached hydrogens (tertiary/aromatic N) is 1. The van der Waals surface area contributed by atoms with E-state index >= 15 is 0 Å². The average molecular weight is 344 g/mol. The Labute approximate surface area is 128 Å². The number of carboxylic acid groups (broad SMARTS) is 1. The van der Waals surface area contributed by atoms with Gasteiger partial charge in [-0.25, -0.2) is 9.59 Å². The van der Waals surface area contributed by atoms with Crippen LogP contribution in [0.25, 0.3) is 0 Å². The van der Waals surface area contributed by atoms with Gasteiger partial charge in [0.25, 0.3) is 0 Å². The van der Waals surface area contributed by atoms with Crippen LogP contribution in [0.15, 0.2) is 0 Å². The topological polar surface area (TPSA) is 69.6 Å². The highest BCUT2D eigenvalue weighted by Gasteiger charge is 2.48. The fourth-order valence-electron chi connectivity index (χ4n) is 2.14. The number of carboxylic acids is 1. The van der Waals surface area contributed by atoms with Crippen molar-refractivity contribution in [1.82, 2.24) is 10.2 Å². The molecule has 1 saturated heterocycles. The number of carbonyl (C=O) groups excluding carboxylic acids is 1. The summed E-state index contributed by atoms with van der Waals surface area (Å²) in [7, 11) is 0. The van der Waals surface area contributed by atoms with Crippen molar-refractivity contribution in [3.8, 4) is 0 Å². The van der Waals surface area contributed by atoms with Gasteiger partial charge in [-0.3, -0.25) is 4.90 Å². The number of carbonyl (C=O) groups is 2. The number of alkyl halides is 3. The highest BCUT2D eigenvalue weighted by molar-refractivity contribution is 8.00. The maximum atomic E-state index is 12.1. The monoisotopic (exact) mass is 344 g/mol. The van der Waals surface area contributed by atoms with Crippen LogP contribution in [0.3, 0.4) is 0 Å². The standard InChI is InChI=1S/C11H15F3N2O3S2/c12-11(13,14)21-4-3-15-10(19)16-7(9(17)18)5-20-8(16)6-1-2-6/h6-8H,1-5H2,(H,15,19)(H,17,18).